The molecule has 1 aromatic rings. The topological polar surface area (TPSA) is 71.2 Å². The summed E-state index contributed by atoms with van der Waals surface area (Å²) >= 11 is 0. The molecule has 2 heterocycles. The van der Waals surface area contributed by atoms with Crippen molar-refractivity contribution in [1.82, 2.24) is 10.3 Å². The number of hydrogen-bond donors (Lipinski definition) is 2. The Morgan fingerprint density at radius 2 is 2.53 bits per heavy atom. The predicted molar refractivity (Wildman–Crippen MR) is 66.6 cm³/mol. The summed E-state index contributed by atoms with van der Waals surface area (Å²) in [5, 5.41) is 2.70. The highest BCUT2D eigenvalue weighted by molar-refractivity contribution is 5.85. The van der Waals surface area contributed by atoms with Crippen LogP contribution in [0.25, 0.3) is 0 Å². The number of nitrogens with two attached hydrogens (primary N) is 1. The zero-order valence-electron chi connectivity index (χ0n) is 10.0. The van der Waals surface area contributed by atoms with E-state index in [1.54, 1.807) is 13.2 Å². The van der Waals surface area contributed by atoms with Gasteiger partial charge >= 0.3 is 0 Å². The van der Waals surface area contributed by atoms with E-state index in [4.69, 9.17) is 5.73 Å². The molecule has 2 rings (SSSR count). The number of nitrogens with zero attached hydrogens (tertiary/aromatic N) is 2. The molecule has 17 heavy (non-hydrogen) atoms. The van der Waals surface area contributed by atoms with Crippen LogP contribution in [0.5, 0.6) is 0 Å². The fourth-order valence-corrected chi connectivity index (χ4v) is 2.31. The van der Waals surface area contributed by atoms with Gasteiger partial charge in [0.25, 0.3) is 0 Å². The first-order valence-electron chi connectivity index (χ1n) is 5.90. The quantitative estimate of drug-likeness (QED) is 0.786. The van der Waals surface area contributed by atoms with E-state index in [0.29, 0.717) is 6.54 Å². The number of hydrogen-bond acceptors (Lipinski definition) is 4. The summed E-state index contributed by atoms with van der Waals surface area (Å²) < 4.78 is 0. The van der Waals surface area contributed by atoms with Gasteiger partial charge < -0.3 is 16.0 Å². The lowest BCUT2D eigenvalue weighted by Crippen LogP contribution is -2.42. The lowest BCUT2D eigenvalue weighted by Gasteiger charge is -2.26. The van der Waals surface area contributed by atoms with E-state index in [2.05, 4.69) is 15.2 Å². The van der Waals surface area contributed by atoms with Crippen LogP contribution in [-0.4, -0.2) is 30.5 Å². The fourth-order valence-electron chi connectivity index (χ4n) is 2.31. The normalized spacial score (nSPS) is 19.4. The van der Waals surface area contributed by atoms with Crippen LogP contribution < -0.4 is 16.0 Å². The zero-order valence-corrected chi connectivity index (χ0v) is 10.0. The number of amides is 1. The van der Waals surface area contributed by atoms with Crippen molar-refractivity contribution in [3.05, 3.63) is 23.9 Å². The molecule has 0 bridgehead atoms. The van der Waals surface area contributed by atoms with Gasteiger partial charge in [-0.2, -0.15) is 0 Å². The van der Waals surface area contributed by atoms with Gasteiger partial charge in [-0.05, 0) is 18.9 Å². The van der Waals surface area contributed by atoms with Crippen LogP contribution >= 0.6 is 0 Å². The molecule has 3 N–H and O–H groups in total. The van der Waals surface area contributed by atoms with Gasteiger partial charge in [0.15, 0.2) is 0 Å². The van der Waals surface area contributed by atoms with E-state index in [1.165, 1.54) is 0 Å². The summed E-state index contributed by atoms with van der Waals surface area (Å²) in [6.07, 6.45) is 3.63. The summed E-state index contributed by atoms with van der Waals surface area (Å²) in [6.45, 7) is 1.31. The van der Waals surface area contributed by atoms with Crippen LogP contribution in [-0.2, 0) is 11.3 Å². The first-order chi connectivity index (χ1) is 8.27. The van der Waals surface area contributed by atoms with Crippen molar-refractivity contribution < 1.29 is 4.79 Å². The van der Waals surface area contributed by atoms with E-state index in [0.717, 1.165) is 30.8 Å². The van der Waals surface area contributed by atoms with Crippen LogP contribution in [0.15, 0.2) is 18.3 Å². The Hall–Kier alpha value is -1.62. The summed E-state index contributed by atoms with van der Waals surface area (Å²) in [5.74, 6) is 0.900. The van der Waals surface area contributed by atoms with Crippen LogP contribution in [0.1, 0.15) is 18.4 Å². The Morgan fingerprint density at radius 3 is 3.24 bits per heavy atom. The fraction of sp³-hybridized carbons (Fsp3) is 0.500. The number of pyridine rings is 1. The molecule has 5 heteroatoms. The van der Waals surface area contributed by atoms with Crippen molar-refractivity contribution in [1.29, 1.82) is 0 Å². The summed E-state index contributed by atoms with van der Waals surface area (Å²) in [4.78, 5) is 18.2. The van der Waals surface area contributed by atoms with E-state index in [9.17, 15) is 4.79 Å². The standard InChI is InChI=1S/C12H18N4O/c1-14-12(17)10-5-3-7-16(10)11-9(8-13)4-2-6-15-11/h2,4,6,10H,3,5,7-8,13H2,1H3,(H,14,17). The maximum absolute atomic E-state index is 11.8. The van der Waals surface area contributed by atoms with Gasteiger partial charge in [-0.1, -0.05) is 6.07 Å². The molecule has 0 aliphatic carbocycles. The van der Waals surface area contributed by atoms with Gasteiger partial charge in [-0.25, -0.2) is 4.98 Å². The average molecular weight is 234 g/mol. The third kappa shape index (κ3) is 2.24. The second-order valence-corrected chi connectivity index (χ2v) is 4.16. The minimum absolute atomic E-state index is 0.0520. The van der Waals surface area contributed by atoms with E-state index in [-0.39, 0.29) is 11.9 Å². The summed E-state index contributed by atoms with van der Waals surface area (Å²) in [6, 6.07) is 3.72. The zero-order chi connectivity index (χ0) is 12.3. The number of rotatable bonds is 3. The molecule has 0 aromatic carbocycles. The van der Waals surface area contributed by atoms with E-state index >= 15 is 0 Å². The minimum atomic E-state index is -0.111. The van der Waals surface area contributed by atoms with Crippen molar-refractivity contribution in [2.75, 3.05) is 18.5 Å². The van der Waals surface area contributed by atoms with Crippen LogP contribution in [0.2, 0.25) is 0 Å². The van der Waals surface area contributed by atoms with Gasteiger partial charge in [0.05, 0.1) is 0 Å². The maximum atomic E-state index is 11.8. The van der Waals surface area contributed by atoms with E-state index in [1.807, 2.05) is 12.1 Å². The molecule has 0 radical (unpaired) electrons. The number of likely N-dealkylation sites (N-methyl/N-ethyl adjacent to an activating group) is 1. The van der Waals surface area contributed by atoms with Crippen molar-refractivity contribution in [2.45, 2.75) is 25.4 Å². The number of anilines is 1. The molecule has 1 saturated heterocycles. The number of carbonyl (C=O) groups excluding carboxylic acids is 1. The third-order valence-electron chi connectivity index (χ3n) is 3.16. The maximum Gasteiger partial charge on any atom is 0.242 e. The molecule has 1 fully saturated rings. The molecule has 1 aliphatic rings. The summed E-state index contributed by atoms with van der Waals surface area (Å²) in [7, 11) is 1.67. The average Bonchev–Trinajstić information content (AvgIpc) is 2.86. The SMILES string of the molecule is CNC(=O)C1CCCN1c1ncccc1CN. The molecule has 1 aromatic heterocycles. The van der Waals surface area contributed by atoms with Gasteiger partial charge in [0.1, 0.15) is 11.9 Å². The van der Waals surface area contributed by atoms with Crippen LogP contribution in [0, 0.1) is 0 Å². The molecular weight excluding hydrogens is 216 g/mol. The molecule has 92 valence electrons. The van der Waals surface area contributed by atoms with Crippen LogP contribution in [0.4, 0.5) is 5.82 Å². The predicted octanol–water partition coefficient (Wildman–Crippen LogP) is 0.255. The molecule has 1 amide bonds. The Morgan fingerprint density at radius 1 is 1.71 bits per heavy atom. The van der Waals surface area contributed by atoms with Crippen molar-refractivity contribution in [3.8, 4) is 0 Å². The van der Waals surface area contributed by atoms with Crippen molar-refractivity contribution in [3.63, 3.8) is 0 Å². The molecule has 5 nitrogen and oxygen atoms in total. The highest BCUT2D eigenvalue weighted by atomic mass is 16.2. The highest BCUT2D eigenvalue weighted by Crippen LogP contribution is 2.26. The molecular formula is C12H18N4O. The lowest BCUT2D eigenvalue weighted by atomic mass is 10.2. The Kier molecular flexibility index (Phi) is 3.58. The molecule has 1 atom stereocenters. The Labute approximate surface area is 101 Å². The minimum Gasteiger partial charge on any atom is -0.357 e. The summed E-state index contributed by atoms with van der Waals surface area (Å²) in [5.41, 5.74) is 6.69. The molecule has 0 spiro atoms. The van der Waals surface area contributed by atoms with E-state index < -0.39 is 0 Å². The Bertz CT molecular complexity index is 407. The monoisotopic (exact) mass is 234 g/mol. The second kappa shape index (κ2) is 5.14. The first kappa shape index (κ1) is 11.9. The molecule has 1 unspecified atom stereocenters. The van der Waals surface area contributed by atoms with Gasteiger partial charge in [-0.15, -0.1) is 0 Å². The molecule has 1 aliphatic heterocycles. The molecule has 0 saturated carbocycles. The van der Waals surface area contributed by atoms with Gasteiger partial charge in [-0.3, -0.25) is 4.79 Å². The lowest BCUT2D eigenvalue weighted by molar-refractivity contribution is -0.121. The number of nitrogens with one attached hydrogen (secondary N) is 1. The van der Waals surface area contributed by atoms with Crippen LogP contribution in [0.3, 0.4) is 0 Å². The first-order valence-corrected chi connectivity index (χ1v) is 5.90. The van der Waals surface area contributed by atoms with Crippen molar-refractivity contribution >= 4 is 11.7 Å². The highest BCUT2D eigenvalue weighted by Gasteiger charge is 2.31. The number of aromatic nitrogens is 1. The smallest absolute Gasteiger partial charge is 0.242 e. The van der Waals surface area contributed by atoms with Crippen molar-refractivity contribution in [2.24, 2.45) is 5.73 Å². The third-order valence-corrected chi connectivity index (χ3v) is 3.16. The number of carbonyl (C=O) groups is 1. The second-order valence-electron chi connectivity index (χ2n) is 4.16. The largest absolute Gasteiger partial charge is 0.357 e. The van der Waals surface area contributed by atoms with Gasteiger partial charge in [0.2, 0.25) is 5.91 Å². The van der Waals surface area contributed by atoms with Gasteiger partial charge in [0, 0.05) is 31.9 Å². The Balaban J connectivity index is 2.29.